The summed E-state index contributed by atoms with van der Waals surface area (Å²) in [6.45, 7) is 0. The Morgan fingerprint density at radius 1 is 1.00 bits per heavy atom. The first-order valence-electron chi connectivity index (χ1n) is 9.68. The number of hydrogen-bond acceptors (Lipinski definition) is 4. The summed E-state index contributed by atoms with van der Waals surface area (Å²) in [6, 6.07) is 16.5. The van der Waals surface area contributed by atoms with E-state index in [1.807, 2.05) is 18.2 Å². The van der Waals surface area contributed by atoms with E-state index in [2.05, 4.69) is 17.4 Å². The smallest absolute Gasteiger partial charge is 0.224 e. The first kappa shape index (κ1) is 19.5. The summed E-state index contributed by atoms with van der Waals surface area (Å²) in [5, 5.41) is 5.25. The van der Waals surface area contributed by atoms with Crippen LogP contribution in [0.15, 0.2) is 59.5 Å². The van der Waals surface area contributed by atoms with Crippen molar-refractivity contribution in [3.63, 3.8) is 0 Å². The van der Waals surface area contributed by atoms with Gasteiger partial charge in [0.25, 0.3) is 0 Å². The monoisotopic (exact) mass is 409 g/mol. The van der Waals surface area contributed by atoms with Crippen LogP contribution in [0.4, 0.5) is 5.69 Å². The molecule has 0 fully saturated rings. The van der Waals surface area contributed by atoms with Crippen LogP contribution in [0.1, 0.15) is 24.0 Å². The maximum atomic E-state index is 12.5. The molecular weight excluding hydrogens is 386 g/mol. The van der Waals surface area contributed by atoms with Crippen LogP contribution in [-0.4, -0.2) is 27.2 Å². The molecule has 1 amide bonds. The van der Waals surface area contributed by atoms with E-state index in [0.29, 0.717) is 5.75 Å². The Labute approximate surface area is 170 Å². The lowest BCUT2D eigenvalue weighted by atomic mass is 10.0. The first-order valence-corrected chi connectivity index (χ1v) is 11.3. The molecule has 29 heavy (non-hydrogen) atoms. The second kappa shape index (κ2) is 7.87. The van der Waals surface area contributed by atoms with Gasteiger partial charge in [0.1, 0.15) is 5.75 Å². The highest BCUT2D eigenvalue weighted by Crippen LogP contribution is 2.35. The number of hydrogen-bond donors (Lipinski definition) is 1. The predicted molar refractivity (Wildman–Crippen MR) is 114 cm³/mol. The number of amides is 1. The molecule has 1 aliphatic carbocycles. The van der Waals surface area contributed by atoms with Crippen molar-refractivity contribution in [1.29, 1.82) is 0 Å². The van der Waals surface area contributed by atoms with Gasteiger partial charge in [-0.3, -0.25) is 4.79 Å². The Morgan fingerprint density at radius 3 is 2.45 bits per heavy atom. The summed E-state index contributed by atoms with van der Waals surface area (Å²) in [5.41, 5.74) is 3.42. The molecule has 0 heterocycles. The summed E-state index contributed by atoms with van der Waals surface area (Å²) in [7, 11) is -1.90. The molecule has 0 radical (unpaired) electrons. The Balaban J connectivity index is 1.39. The van der Waals surface area contributed by atoms with E-state index in [1.165, 1.54) is 35.8 Å². The number of carbonyl (C=O) groups excluding carboxylic acids is 1. The molecular formula is C23H23NO4S. The lowest BCUT2D eigenvalue weighted by molar-refractivity contribution is -0.116. The zero-order chi connectivity index (χ0) is 20.4. The van der Waals surface area contributed by atoms with Crippen LogP contribution >= 0.6 is 0 Å². The number of anilines is 1. The topological polar surface area (TPSA) is 72.5 Å². The highest BCUT2D eigenvalue weighted by molar-refractivity contribution is 7.91. The molecule has 1 aliphatic rings. The number of rotatable bonds is 7. The Morgan fingerprint density at radius 2 is 1.72 bits per heavy atom. The van der Waals surface area contributed by atoms with Crippen molar-refractivity contribution in [2.45, 2.75) is 30.6 Å². The highest BCUT2D eigenvalue weighted by Gasteiger charge is 2.18. The average molecular weight is 410 g/mol. The number of aryl methyl sites for hydroxylation is 2. The molecule has 0 aromatic heterocycles. The van der Waals surface area contributed by atoms with Crippen molar-refractivity contribution in [2.75, 3.05) is 18.2 Å². The molecule has 0 saturated carbocycles. The lowest BCUT2D eigenvalue weighted by Crippen LogP contribution is -2.14. The van der Waals surface area contributed by atoms with E-state index in [-0.39, 0.29) is 29.4 Å². The zero-order valence-corrected chi connectivity index (χ0v) is 17.1. The van der Waals surface area contributed by atoms with Gasteiger partial charge < -0.3 is 10.1 Å². The minimum absolute atomic E-state index is 0.0728. The fourth-order valence-corrected chi connectivity index (χ4v) is 5.20. The van der Waals surface area contributed by atoms with E-state index < -0.39 is 9.84 Å². The highest BCUT2D eigenvalue weighted by atomic mass is 32.2. The van der Waals surface area contributed by atoms with Crippen molar-refractivity contribution < 1.29 is 17.9 Å². The molecule has 6 heteroatoms. The number of methoxy groups -OCH3 is 1. The third-order valence-electron chi connectivity index (χ3n) is 5.39. The molecule has 3 aromatic rings. The zero-order valence-electron chi connectivity index (χ0n) is 16.3. The van der Waals surface area contributed by atoms with Gasteiger partial charge in [-0.1, -0.05) is 24.3 Å². The number of carbonyl (C=O) groups is 1. The number of benzene rings is 3. The van der Waals surface area contributed by atoms with Gasteiger partial charge in [0.15, 0.2) is 9.84 Å². The van der Waals surface area contributed by atoms with Crippen LogP contribution in [0.3, 0.4) is 0 Å². The fourth-order valence-electron chi connectivity index (χ4n) is 3.89. The number of sulfone groups is 1. The summed E-state index contributed by atoms with van der Waals surface area (Å²) in [5.74, 6) is 0.360. The van der Waals surface area contributed by atoms with Crippen LogP contribution in [0.2, 0.25) is 0 Å². The minimum Gasteiger partial charge on any atom is -0.497 e. The molecule has 5 nitrogen and oxygen atoms in total. The third-order valence-corrected chi connectivity index (χ3v) is 7.20. The Hall–Kier alpha value is -2.86. The quantitative estimate of drug-likeness (QED) is 0.637. The molecule has 0 saturated heterocycles. The van der Waals surface area contributed by atoms with Gasteiger partial charge in [-0.05, 0) is 66.1 Å². The standard InChI is InChI=1S/C23H23NO4S/c1-28-18-10-12-19(13-11-18)29(26,27)15-3-6-22(25)24-21-14-9-17-8-7-16-4-2-5-20(21)23(16)17/h2,4-5,9-14H,3,6-8,15H2,1H3,(H,24,25). The maximum absolute atomic E-state index is 12.5. The van der Waals surface area contributed by atoms with Crippen molar-refractivity contribution in [1.82, 2.24) is 0 Å². The summed E-state index contributed by atoms with van der Waals surface area (Å²) >= 11 is 0. The molecule has 0 aliphatic heterocycles. The largest absolute Gasteiger partial charge is 0.497 e. The third kappa shape index (κ3) is 3.98. The van der Waals surface area contributed by atoms with Crippen LogP contribution < -0.4 is 10.1 Å². The molecule has 3 aromatic carbocycles. The predicted octanol–water partition coefficient (Wildman–Crippen LogP) is 4.14. The van der Waals surface area contributed by atoms with Gasteiger partial charge in [-0.15, -0.1) is 0 Å². The van der Waals surface area contributed by atoms with Crippen molar-refractivity contribution >= 4 is 32.2 Å². The van der Waals surface area contributed by atoms with Crippen LogP contribution in [-0.2, 0) is 27.5 Å². The van der Waals surface area contributed by atoms with Crippen LogP contribution in [0, 0.1) is 0 Å². The molecule has 4 rings (SSSR count). The second-order valence-electron chi connectivity index (χ2n) is 7.26. The molecule has 0 bridgehead atoms. The number of nitrogens with one attached hydrogen (secondary N) is 1. The van der Waals surface area contributed by atoms with Crippen molar-refractivity contribution in [2.24, 2.45) is 0 Å². The van der Waals surface area contributed by atoms with E-state index in [9.17, 15) is 13.2 Å². The van der Waals surface area contributed by atoms with Gasteiger partial charge in [-0.2, -0.15) is 0 Å². The van der Waals surface area contributed by atoms with Crippen molar-refractivity contribution in [3.05, 3.63) is 65.7 Å². The van der Waals surface area contributed by atoms with E-state index in [0.717, 1.165) is 23.9 Å². The lowest BCUT2D eigenvalue weighted by Gasteiger charge is -2.11. The van der Waals surface area contributed by atoms with E-state index in [1.54, 1.807) is 12.1 Å². The summed E-state index contributed by atoms with van der Waals surface area (Å²) < 4.78 is 30.0. The van der Waals surface area contributed by atoms with Crippen LogP contribution in [0.5, 0.6) is 5.75 Å². The Kier molecular flexibility index (Phi) is 5.28. The molecule has 0 unspecified atom stereocenters. The minimum atomic E-state index is -3.43. The van der Waals surface area contributed by atoms with Crippen molar-refractivity contribution in [3.8, 4) is 5.75 Å². The van der Waals surface area contributed by atoms with Gasteiger partial charge in [-0.25, -0.2) is 8.42 Å². The Bertz CT molecular complexity index is 1160. The maximum Gasteiger partial charge on any atom is 0.224 e. The number of ether oxygens (including phenoxy) is 1. The van der Waals surface area contributed by atoms with Gasteiger partial charge in [0, 0.05) is 17.5 Å². The average Bonchev–Trinajstić information content (AvgIpc) is 3.15. The van der Waals surface area contributed by atoms with Gasteiger partial charge in [0.05, 0.1) is 17.8 Å². The molecule has 1 N–H and O–H groups in total. The molecule has 0 atom stereocenters. The summed E-state index contributed by atoms with van der Waals surface area (Å²) in [4.78, 5) is 12.7. The fraction of sp³-hybridized carbons (Fsp3) is 0.261. The van der Waals surface area contributed by atoms with Gasteiger partial charge in [0.2, 0.25) is 5.91 Å². The van der Waals surface area contributed by atoms with Crippen LogP contribution in [0.25, 0.3) is 10.8 Å². The second-order valence-corrected chi connectivity index (χ2v) is 9.37. The van der Waals surface area contributed by atoms with E-state index >= 15 is 0 Å². The van der Waals surface area contributed by atoms with E-state index in [4.69, 9.17) is 4.74 Å². The summed E-state index contributed by atoms with van der Waals surface area (Å²) in [6.07, 6.45) is 2.49. The van der Waals surface area contributed by atoms with Gasteiger partial charge >= 0.3 is 0 Å². The molecule has 0 spiro atoms. The SMILES string of the molecule is COc1ccc(S(=O)(=O)CCCC(=O)Nc2ccc3c4c(cccc24)CC3)cc1. The first-order chi connectivity index (χ1) is 14.0. The normalized spacial score (nSPS) is 12.9. The molecule has 150 valence electrons.